The van der Waals surface area contributed by atoms with E-state index in [2.05, 4.69) is 47.2 Å². The first-order chi connectivity index (χ1) is 20.6. The number of fused-ring (bicyclic) bond motifs is 6. The molecular formula is C36H28N2O4. The molecule has 0 amide bonds. The normalized spacial score (nSPS) is 11.5. The van der Waals surface area contributed by atoms with Crippen molar-refractivity contribution >= 4 is 55.6 Å². The smallest absolute Gasteiger partial charge is 0.343 e. The fraction of sp³-hybridized carbons (Fsp3) is 0.111. The number of aromatic nitrogens is 2. The summed E-state index contributed by atoms with van der Waals surface area (Å²) in [5, 5.41) is 4.30. The highest BCUT2D eigenvalue weighted by molar-refractivity contribution is 6.09. The monoisotopic (exact) mass is 552 g/mol. The third-order valence-corrected chi connectivity index (χ3v) is 7.90. The molecule has 0 fully saturated rings. The van der Waals surface area contributed by atoms with E-state index >= 15 is 0 Å². The average molecular weight is 553 g/mol. The lowest BCUT2D eigenvalue weighted by Crippen LogP contribution is -2.11. The molecule has 6 heteroatoms. The van der Waals surface area contributed by atoms with Gasteiger partial charge in [0.05, 0.1) is 11.1 Å². The lowest BCUT2D eigenvalue weighted by atomic mass is 10.1. The minimum atomic E-state index is -0.494. The van der Waals surface area contributed by atoms with Gasteiger partial charge in [-0.2, -0.15) is 0 Å². The van der Waals surface area contributed by atoms with Crippen molar-refractivity contribution < 1.29 is 19.1 Å². The number of rotatable bonds is 6. The van der Waals surface area contributed by atoms with E-state index in [1.54, 1.807) is 24.3 Å². The zero-order chi connectivity index (χ0) is 28.8. The summed E-state index contributed by atoms with van der Waals surface area (Å²) in [5.41, 5.74) is 5.17. The van der Waals surface area contributed by atoms with Gasteiger partial charge in [0, 0.05) is 56.7 Å². The molecule has 0 radical (unpaired) electrons. The Morgan fingerprint density at radius 3 is 1.29 bits per heavy atom. The van der Waals surface area contributed by atoms with Crippen LogP contribution in [-0.2, 0) is 13.1 Å². The van der Waals surface area contributed by atoms with Gasteiger partial charge in [-0.3, -0.25) is 0 Å². The summed E-state index contributed by atoms with van der Waals surface area (Å²) in [6, 6.07) is 34.2. The van der Waals surface area contributed by atoms with Gasteiger partial charge in [-0.1, -0.05) is 36.4 Å². The Kier molecular flexibility index (Phi) is 6.24. The Balaban J connectivity index is 1.09. The maximum atomic E-state index is 13.0. The molecule has 0 saturated heterocycles. The van der Waals surface area contributed by atoms with E-state index in [1.165, 1.54) is 0 Å². The van der Waals surface area contributed by atoms with Crippen LogP contribution in [0.15, 0.2) is 109 Å². The quantitative estimate of drug-likeness (QED) is 0.154. The highest BCUT2D eigenvalue weighted by Gasteiger charge is 2.16. The van der Waals surface area contributed by atoms with Gasteiger partial charge in [0.25, 0.3) is 0 Å². The number of hydrogen-bond donors (Lipinski definition) is 0. The second-order valence-corrected chi connectivity index (χ2v) is 10.2. The molecule has 42 heavy (non-hydrogen) atoms. The lowest BCUT2D eigenvalue weighted by molar-refractivity contribution is 0.0720. The molecule has 5 aromatic carbocycles. The van der Waals surface area contributed by atoms with Crippen LogP contribution in [0.25, 0.3) is 43.6 Å². The fourth-order valence-electron chi connectivity index (χ4n) is 5.95. The molecule has 0 N–H and O–H groups in total. The van der Waals surface area contributed by atoms with E-state index in [4.69, 9.17) is 9.47 Å². The van der Waals surface area contributed by atoms with Crippen molar-refractivity contribution in [1.82, 2.24) is 9.13 Å². The number of para-hydroxylation sites is 2. The van der Waals surface area contributed by atoms with Crippen molar-refractivity contribution in [3.63, 3.8) is 0 Å². The Morgan fingerprint density at radius 2 is 0.881 bits per heavy atom. The van der Waals surface area contributed by atoms with E-state index in [9.17, 15) is 9.59 Å². The first kappa shape index (κ1) is 25.6. The summed E-state index contributed by atoms with van der Waals surface area (Å²) < 4.78 is 15.9. The minimum absolute atomic E-state index is 0.344. The Morgan fingerprint density at radius 1 is 0.500 bits per heavy atom. The van der Waals surface area contributed by atoms with Crippen LogP contribution < -0.4 is 9.47 Å². The summed E-state index contributed by atoms with van der Waals surface area (Å²) in [4.78, 5) is 25.9. The summed E-state index contributed by atoms with van der Waals surface area (Å²) >= 11 is 0. The van der Waals surface area contributed by atoms with Gasteiger partial charge in [0.2, 0.25) is 0 Å². The van der Waals surface area contributed by atoms with E-state index in [-0.39, 0.29) is 0 Å². The van der Waals surface area contributed by atoms with Crippen LogP contribution in [0.2, 0.25) is 0 Å². The largest absolute Gasteiger partial charge is 0.423 e. The molecule has 0 aliphatic rings. The van der Waals surface area contributed by atoms with Crippen LogP contribution in [0, 0.1) is 0 Å². The molecule has 7 aromatic rings. The number of nitrogens with zero attached hydrogens (tertiary/aromatic N) is 2. The Bertz CT molecular complexity index is 2000. The molecule has 0 saturated carbocycles. The molecule has 0 unspecified atom stereocenters. The van der Waals surface area contributed by atoms with Crippen molar-refractivity contribution in [2.45, 2.75) is 26.9 Å². The van der Waals surface area contributed by atoms with Crippen molar-refractivity contribution in [3.8, 4) is 11.5 Å². The molecule has 0 bridgehead atoms. The predicted molar refractivity (Wildman–Crippen MR) is 167 cm³/mol. The van der Waals surface area contributed by atoms with Crippen molar-refractivity contribution in [1.29, 1.82) is 0 Å². The molecular weight excluding hydrogens is 524 g/mol. The first-order valence-corrected chi connectivity index (χ1v) is 14.1. The minimum Gasteiger partial charge on any atom is -0.423 e. The highest BCUT2D eigenvalue weighted by Crippen LogP contribution is 2.33. The zero-order valence-corrected chi connectivity index (χ0v) is 23.3. The van der Waals surface area contributed by atoms with Gasteiger partial charge in [-0.15, -0.1) is 0 Å². The number of hydrogen-bond acceptors (Lipinski definition) is 4. The topological polar surface area (TPSA) is 62.5 Å². The average Bonchev–Trinajstić information content (AvgIpc) is 3.52. The molecule has 7 rings (SSSR count). The van der Waals surface area contributed by atoms with Gasteiger partial charge < -0.3 is 18.6 Å². The van der Waals surface area contributed by atoms with Crippen LogP contribution >= 0.6 is 0 Å². The van der Waals surface area contributed by atoms with E-state index in [0.717, 1.165) is 56.7 Å². The van der Waals surface area contributed by atoms with Gasteiger partial charge in [-0.25, -0.2) is 9.59 Å². The Labute approximate surface area is 242 Å². The molecule has 0 atom stereocenters. The number of esters is 2. The first-order valence-electron chi connectivity index (χ1n) is 14.1. The van der Waals surface area contributed by atoms with Crippen molar-refractivity contribution in [3.05, 3.63) is 120 Å². The number of ether oxygens (including phenoxy) is 2. The third-order valence-electron chi connectivity index (χ3n) is 7.90. The summed E-state index contributed by atoms with van der Waals surface area (Å²) in [6.45, 7) is 5.92. The molecule has 2 aromatic heterocycles. The third kappa shape index (κ3) is 4.20. The SMILES string of the molecule is CCn1c2ccccc2c2cc(OC(=O)c3ccc(C(=O)Oc4ccc5c(c4)c4ccccc4n5CC)cc3)ccc21. The number of carbonyl (C=O) groups excluding carboxylic acids is 2. The molecule has 0 spiro atoms. The molecule has 0 aliphatic carbocycles. The van der Waals surface area contributed by atoms with Gasteiger partial charge in [0.15, 0.2) is 0 Å². The van der Waals surface area contributed by atoms with Crippen molar-refractivity contribution in [2.75, 3.05) is 0 Å². The zero-order valence-electron chi connectivity index (χ0n) is 23.3. The van der Waals surface area contributed by atoms with Crippen LogP contribution in [0.5, 0.6) is 11.5 Å². The predicted octanol–water partition coefficient (Wildman–Crippen LogP) is 8.38. The van der Waals surface area contributed by atoms with E-state index in [1.807, 2.05) is 60.7 Å². The fourth-order valence-corrected chi connectivity index (χ4v) is 5.95. The number of aryl methyl sites for hydroxylation is 2. The molecule has 6 nitrogen and oxygen atoms in total. The van der Waals surface area contributed by atoms with Crippen LogP contribution in [0.1, 0.15) is 34.6 Å². The summed E-state index contributed by atoms with van der Waals surface area (Å²) in [5.74, 6) is -0.0536. The maximum absolute atomic E-state index is 13.0. The molecule has 206 valence electrons. The second-order valence-electron chi connectivity index (χ2n) is 10.2. The van der Waals surface area contributed by atoms with Gasteiger partial charge in [0.1, 0.15) is 11.5 Å². The van der Waals surface area contributed by atoms with Crippen LogP contribution in [0.3, 0.4) is 0 Å². The molecule has 2 heterocycles. The maximum Gasteiger partial charge on any atom is 0.343 e. The van der Waals surface area contributed by atoms with Crippen LogP contribution in [0.4, 0.5) is 0 Å². The van der Waals surface area contributed by atoms with E-state index < -0.39 is 11.9 Å². The lowest BCUT2D eigenvalue weighted by Gasteiger charge is -2.08. The summed E-state index contributed by atoms with van der Waals surface area (Å²) in [7, 11) is 0. The van der Waals surface area contributed by atoms with Gasteiger partial charge in [-0.05, 0) is 86.6 Å². The van der Waals surface area contributed by atoms with Gasteiger partial charge >= 0.3 is 11.9 Å². The second kappa shape index (κ2) is 10.2. The number of benzene rings is 5. The summed E-state index contributed by atoms with van der Waals surface area (Å²) in [6.07, 6.45) is 0. The standard InChI is InChI=1S/C36H28N2O4/c1-3-37-31-11-7-5-9-27(31)29-21-25(17-19-33(29)37)41-35(39)23-13-15-24(16-14-23)36(40)42-26-18-20-34-30(22-26)28-10-6-8-12-32(28)38(34)4-2/h5-22H,3-4H2,1-2H3. The van der Waals surface area contributed by atoms with E-state index in [0.29, 0.717) is 22.6 Å². The van der Waals surface area contributed by atoms with Crippen molar-refractivity contribution in [2.24, 2.45) is 0 Å². The molecule has 0 aliphatic heterocycles. The number of carbonyl (C=O) groups is 2. The highest BCUT2D eigenvalue weighted by atomic mass is 16.5. The van der Waals surface area contributed by atoms with Crippen LogP contribution in [-0.4, -0.2) is 21.1 Å². The Hall–Kier alpha value is -5.36.